The molecule has 7 heteroatoms. The molecule has 25 heavy (non-hydrogen) atoms. The molecule has 6 nitrogen and oxygen atoms in total. The average molecular weight is 360 g/mol. The van der Waals surface area contributed by atoms with Crippen molar-refractivity contribution < 1.29 is 17.9 Å². The number of morpholine rings is 1. The van der Waals surface area contributed by atoms with Crippen LogP contribution in [0.15, 0.2) is 59.5 Å². The van der Waals surface area contributed by atoms with Gasteiger partial charge in [-0.2, -0.15) is 0 Å². The van der Waals surface area contributed by atoms with Gasteiger partial charge in [-0.15, -0.1) is 0 Å². The number of anilines is 1. The topological polar surface area (TPSA) is 75.7 Å². The lowest BCUT2D eigenvalue weighted by molar-refractivity contribution is -0.129. The molecule has 1 N–H and O–H groups in total. The van der Waals surface area contributed by atoms with Crippen LogP contribution in [-0.4, -0.2) is 40.1 Å². The van der Waals surface area contributed by atoms with Crippen molar-refractivity contribution in [2.24, 2.45) is 0 Å². The van der Waals surface area contributed by atoms with Crippen molar-refractivity contribution in [2.45, 2.75) is 17.9 Å². The third kappa shape index (κ3) is 4.25. The maximum absolute atomic E-state index is 12.3. The Hall–Kier alpha value is -2.22. The maximum Gasteiger partial charge on any atom is 0.253 e. The molecule has 0 spiro atoms. The second kappa shape index (κ2) is 7.35. The highest BCUT2D eigenvalue weighted by Gasteiger charge is 2.28. The summed E-state index contributed by atoms with van der Waals surface area (Å²) in [5.41, 5.74) is 1.85. The van der Waals surface area contributed by atoms with Gasteiger partial charge in [0.15, 0.2) is 0 Å². The Morgan fingerprint density at radius 2 is 1.92 bits per heavy atom. The fourth-order valence-electron chi connectivity index (χ4n) is 2.68. The number of hydrogen-bond acceptors (Lipinski definition) is 4. The quantitative estimate of drug-likeness (QED) is 0.881. The summed E-state index contributed by atoms with van der Waals surface area (Å²) < 4.78 is 32.6. The summed E-state index contributed by atoms with van der Waals surface area (Å²) >= 11 is 0. The first-order chi connectivity index (χ1) is 12.0. The van der Waals surface area contributed by atoms with Gasteiger partial charge in [0.2, 0.25) is 10.0 Å². The minimum absolute atomic E-state index is 0.0638. The Morgan fingerprint density at radius 3 is 2.64 bits per heavy atom. The van der Waals surface area contributed by atoms with Gasteiger partial charge in [0, 0.05) is 12.2 Å². The number of nitrogens with one attached hydrogen (secondary N) is 1. The molecule has 1 aliphatic rings. The Balaban J connectivity index is 1.67. The minimum atomic E-state index is -3.60. The third-order valence-corrected chi connectivity index (χ3v) is 5.44. The van der Waals surface area contributed by atoms with Crippen molar-refractivity contribution in [3.05, 3.63) is 60.2 Å². The molecule has 1 unspecified atom stereocenters. The minimum Gasteiger partial charge on any atom is -0.365 e. The predicted octanol–water partition coefficient (Wildman–Crippen LogP) is 1.71. The number of carbonyl (C=O) groups is 1. The molecule has 1 atom stereocenters. The first kappa shape index (κ1) is 17.6. The number of aryl methyl sites for hydroxylation is 1. The molecule has 1 amide bonds. The molecule has 0 radical (unpaired) electrons. The van der Waals surface area contributed by atoms with E-state index in [1.165, 1.54) is 12.1 Å². The van der Waals surface area contributed by atoms with Gasteiger partial charge in [0.25, 0.3) is 5.91 Å². The molecule has 1 fully saturated rings. The van der Waals surface area contributed by atoms with Crippen LogP contribution >= 0.6 is 0 Å². The number of rotatable bonds is 5. The van der Waals surface area contributed by atoms with E-state index in [0.29, 0.717) is 6.54 Å². The van der Waals surface area contributed by atoms with E-state index in [4.69, 9.17) is 4.74 Å². The highest BCUT2D eigenvalue weighted by atomic mass is 32.2. The van der Waals surface area contributed by atoms with Gasteiger partial charge in [0.05, 0.1) is 17.5 Å². The maximum atomic E-state index is 12.3. The molecule has 132 valence electrons. The lowest BCUT2D eigenvalue weighted by Gasteiger charge is -2.33. The largest absolute Gasteiger partial charge is 0.365 e. The van der Waals surface area contributed by atoms with Crippen LogP contribution in [0, 0.1) is 6.92 Å². The fraction of sp³-hybridized carbons (Fsp3) is 0.278. The highest BCUT2D eigenvalue weighted by Crippen LogP contribution is 2.20. The monoisotopic (exact) mass is 360 g/mol. The van der Waals surface area contributed by atoms with Crippen LogP contribution in [0.2, 0.25) is 0 Å². The van der Waals surface area contributed by atoms with Gasteiger partial charge in [-0.3, -0.25) is 4.79 Å². The van der Waals surface area contributed by atoms with Gasteiger partial charge in [-0.1, -0.05) is 30.3 Å². The van der Waals surface area contributed by atoms with Crippen molar-refractivity contribution in [1.82, 2.24) is 4.72 Å². The first-order valence-corrected chi connectivity index (χ1v) is 9.47. The zero-order chi connectivity index (χ0) is 17.9. The van der Waals surface area contributed by atoms with E-state index in [-0.39, 0.29) is 24.0 Å². The van der Waals surface area contributed by atoms with E-state index < -0.39 is 16.1 Å². The summed E-state index contributed by atoms with van der Waals surface area (Å²) in [5.74, 6) is -0.132. The SMILES string of the molecule is Cc1cccc(N2CC(CNS(=O)(=O)c3ccccc3)OCC2=O)c1. The van der Waals surface area contributed by atoms with E-state index in [2.05, 4.69) is 4.72 Å². The number of ether oxygens (including phenoxy) is 1. The molecule has 1 saturated heterocycles. The predicted molar refractivity (Wildman–Crippen MR) is 94.9 cm³/mol. The van der Waals surface area contributed by atoms with Crippen LogP contribution in [-0.2, 0) is 19.6 Å². The summed E-state index contributed by atoms with van der Waals surface area (Å²) in [7, 11) is -3.60. The van der Waals surface area contributed by atoms with Crippen LogP contribution in [0.1, 0.15) is 5.56 Å². The molecule has 0 bridgehead atoms. The van der Waals surface area contributed by atoms with E-state index in [9.17, 15) is 13.2 Å². The number of sulfonamides is 1. The number of nitrogens with zero attached hydrogens (tertiary/aromatic N) is 1. The summed E-state index contributed by atoms with van der Waals surface area (Å²) in [4.78, 5) is 14.0. The lowest BCUT2D eigenvalue weighted by Crippen LogP contribution is -2.50. The second-order valence-corrected chi connectivity index (χ2v) is 7.71. The molecule has 2 aromatic carbocycles. The van der Waals surface area contributed by atoms with Gasteiger partial charge in [-0.05, 0) is 36.8 Å². The van der Waals surface area contributed by atoms with Crippen molar-refractivity contribution >= 4 is 21.6 Å². The molecule has 2 aromatic rings. The molecule has 3 rings (SSSR count). The van der Waals surface area contributed by atoms with Crippen molar-refractivity contribution in [3.8, 4) is 0 Å². The highest BCUT2D eigenvalue weighted by molar-refractivity contribution is 7.89. The Kier molecular flexibility index (Phi) is 5.17. The zero-order valence-corrected chi connectivity index (χ0v) is 14.7. The number of hydrogen-bond donors (Lipinski definition) is 1. The van der Waals surface area contributed by atoms with E-state index in [1.807, 2.05) is 31.2 Å². The lowest BCUT2D eigenvalue weighted by atomic mass is 10.2. The normalized spacial score (nSPS) is 18.4. The van der Waals surface area contributed by atoms with E-state index in [1.54, 1.807) is 23.1 Å². The Bertz CT molecular complexity index is 852. The molecule has 0 saturated carbocycles. The van der Waals surface area contributed by atoms with Gasteiger partial charge < -0.3 is 9.64 Å². The van der Waals surface area contributed by atoms with Crippen LogP contribution in [0.25, 0.3) is 0 Å². The molecular formula is C18H20N2O4S. The summed E-state index contributed by atoms with van der Waals surface area (Å²) in [6.07, 6.45) is -0.406. The van der Waals surface area contributed by atoms with Crippen molar-refractivity contribution in [3.63, 3.8) is 0 Å². The standard InChI is InChI=1S/C18H20N2O4S/c1-14-6-5-7-15(10-14)20-12-16(24-13-18(20)21)11-19-25(22,23)17-8-3-2-4-9-17/h2-10,16,19H,11-13H2,1H3. The van der Waals surface area contributed by atoms with Crippen LogP contribution in [0.3, 0.4) is 0 Å². The molecular weight excluding hydrogens is 340 g/mol. The van der Waals surface area contributed by atoms with Crippen LogP contribution < -0.4 is 9.62 Å². The Labute approximate surface area is 147 Å². The number of amides is 1. The fourth-order valence-corrected chi connectivity index (χ4v) is 3.77. The second-order valence-electron chi connectivity index (χ2n) is 5.94. The zero-order valence-electron chi connectivity index (χ0n) is 13.9. The van der Waals surface area contributed by atoms with Crippen LogP contribution in [0.5, 0.6) is 0 Å². The van der Waals surface area contributed by atoms with Crippen molar-refractivity contribution in [1.29, 1.82) is 0 Å². The molecule has 1 aliphatic heterocycles. The van der Waals surface area contributed by atoms with Gasteiger partial charge >= 0.3 is 0 Å². The number of benzene rings is 2. The van der Waals surface area contributed by atoms with E-state index >= 15 is 0 Å². The molecule has 0 aromatic heterocycles. The van der Waals surface area contributed by atoms with Gasteiger partial charge in [-0.25, -0.2) is 13.1 Å². The first-order valence-electron chi connectivity index (χ1n) is 7.99. The molecule has 0 aliphatic carbocycles. The Morgan fingerprint density at radius 1 is 1.16 bits per heavy atom. The summed E-state index contributed by atoms with van der Waals surface area (Å²) in [6.45, 7) is 2.30. The average Bonchev–Trinajstić information content (AvgIpc) is 2.62. The smallest absolute Gasteiger partial charge is 0.253 e. The van der Waals surface area contributed by atoms with Crippen LogP contribution in [0.4, 0.5) is 5.69 Å². The van der Waals surface area contributed by atoms with Crippen molar-refractivity contribution in [2.75, 3.05) is 24.6 Å². The summed E-state index contributed by atoms with van der Waals surface area (Å²) in [5, 5.41) is 0. The van der Waals surface area contributed by atoms with Gasteiger partial charge in [0.1, 0.15) is 6.61 Å². The third-order valence-electron chi connectivity index (χ3n) is 4.00. The van der Waals surface area contributed by atoms with E-state index in [0.717, 1.165) is 11.3 Å². The number of carbonyl (C=O) groups excluding carboxylic acids is 1. The molecule has 1 heterocycles. The summed E-state index contributed by atoms with van der Waals surface area (Å²) in [6, 6.07) is 15.8.